The number of nitrogens with two attached hydrogens (primary N) is 1. The fourth-order valence-electron chi connectivity index (χ4n) is 3.16. The molecule has 1 heterocycles. The molecule has 1 radical (unpaired) electrons. The average molecular weight is 299 g/mol. The minimum absolute atomic E-state index is 0.427. The number of carbonyl (C=O) groups excluding carboxylic acids is 1. The van der Waals surface area contributed by atoms with Crippen molar-refractivity contribution < 1.29 is 4.79 Å². The second kappa shape index (κ2) is 5.29. The van der Waals surface area contributed by atoms with E-state index < -0.39 is 5.91 Å². The van der Waals surface area contributed by atoms with Crippen LogP contribution >= 0.6 is 0 Å². The fraction of sp³-hybridized carbons (Fsp3) is 0.0500. The number of aromatic nitrogens is 1. The fourth-order valence-corrected chi connectivity index (χ4v) is 3.16. The summed E-state index contributed by atoms with van der Waals surface area (Å²) in [7, 11) is 0. The molecule has 1 aromatic heterocycles. The number of amides is 1. The summed E-state index contributed by atoms with van der Waals surface area (Å²) in [5, 5.41) is 2.12. The third-order valence-corrected chi connectivity index (χ3v) is 4.17. The number of hydrogen-bond donors (Lipinski definition) is 1. The van der Waals surface area contributed by atoms with E-state index in [4.69, 9.17) is 5.73 Å². The molecule has 23 heavy (non-hydrogen) atoms. The normalized spacial score (nSPS) is 11.1. The van der Waals surface area contributed by atoms with Gasteiger partial charge < -0.3 is 10.3 Å². The number of para-hydroxylation sites is 1. The Morgan fingerprint density at radius 2 is 1.70 bits per heavy atom. The van der Waals surface area contributed by atoms with Crippen molar-refractivity contribution in [3.8, 4) is 0 Å². The van der Waals surface area contributed by atoms with Gasteiger partial charge in [-0.05, 0) is 29.8 Å². The molecule has 0 fully saturated rings. The highest BCUT2D eigenvalue weighted by molar-refractivity contribution is 6.15. The molecule has 0 aliphatic rings. The van der Waals surface area contributed by atoms with Crippen molar-refractivity contribution in [1.29, 1.82) is 0 Å². The van der Waals surface area contributed by atoms with Crippen molar-refractivity contribution >= 4 is 27.7 Å². The summed E-state index contributed by atoms with van der Waals surface area (Å²) < 4.78 is 2.16. The molecule has 0 aliphatic heterocycles. The highest BCUT2D eigenvalue weighted by Gasteiger charge is 2.16. The van der Waals surface area contributed by atoms with E-state index in [2.05, 4.69) is 34.9 Å². The predicted octanol–water partition coefficient (Wildman–Crippen LogP) is 3.74. The van der Waals surface area contributed by atoms with Gasteiger partial charge in [-0.3, -0.25) is 4.79 Å². The Balaban J connectivity index is 2.08. The lowest BCUT2D eigenvalue weighted by Gasteiger charge is -2.09. The van der Waals surface area contributed by atoms with Gasteiger partial charge in [0.1, 0.15) is 0 Å². The third kappa shape index (κ3) is 2.18. The predicted molar refractivity (Wildman–Crippen MR) is 92.3 cm³/mol. The Morgan fingerprint density at radius 3 is 2.48 bits per heavy atom. The number of benzene rings is 3. The molecule has 1 amide bonds. The molecule has 3 heteroatoms. The zero-order valence-corrected chi connectivity index (χ0v) is 12.5. The average Bonchev–Trinajstić information content (AvgIpc) is 2.90. The quantitative estimate of drug-likeness (QED) is 0.615. The molecular formula is C20H15N2O. The Labute approximate surface area is 134 Å². The first-order chi connectivity index (χ1) is 11.3. The lowest BCUT2D eigenvalue weighted by atomic mass is 10.1. The number of rotatable bonds is 3. The van der Waals surface area contributed by atoms with Gasteiger partial charge in [0.05, 0.1) is 11.1 Å². The van der Waals surface area contributed by atoms with Gasteiger partial charge in [0.15, 0.2) is 0 Å². The lowest BCUT2D eigenvalue weighted by molar-refractivity contribution is 0.100. The maximum absolute atomic E-state index is 11.9. The van der Waals surface area contributed by atoms with Crippen LogP contribution in [0.5, 0.6) is 0 Å². The molecular weight excluding hydrogens is 284 g/mol. The van der Waals surface area contributed by atoms with Crippen LogP contribution in [0, 0.1) is 6.07 Å². The summed E-state index contributed by atoms with van der Waals surface area (Å²) in [6, 6.07) is 25.0. The zero-order valence-electron chi connectivity index (χ0n) is 12.5. The van der Waals surface area contributed by atoms with E-state index in [-0.39, 0.29) is 0 Å². The van der Waals surface area contributed by atoms with Crippen LogP contribution in [0.2, 0.25) is 0 Å². The first-order valence-electron chi connectivity index (χ1n) is 7.50. The summed E-state index contributed by atoms with van der Waals surface area (Å²) in [5.74, 6) is -0.427. The summed E-state index contributed by atoms with van der Waals surface area (Å²) >= 11 is 0. The minimum Gasteiger partial charge on any atom is -0.366 e. The van der Waals surface area contributed by atoms with Crippen LogP contribution in [0.4, 0.5) is 0 Å². The Hall–Kier alpha value is -3.07. The van der Waals surface area contributed by atoms with Crippen LogP contribution in [0.3, 0.4) is 0 Å². The molecule has 0 saturated heterocycles. The largest absolute Gasteiger partial charge is 0.366 e. The number of primary amides is 1. The molecule has 0 saturated carbocycles. The molecule has 2 N–H and O–H groups in total. The van der Waals surface area contributed by atoms with E-state index in [0.717, 1.165) is 21.8 Å². The molecule has 3 aromatic carbocycles. The lowest BCUT2D eigenvalue weighted by Crippen LogP contribution is -2.13. The molecule has 3 nitrogen and oxygen atoms in total. The van der Waals surface area contributed by atoms with Crippen molar-refractivity contribution in [2.75, 3.05) is 0 Å². The van der Waals surface area contributed by atoms with E-state index >= 15 is 0 Å². The van der Waals surface area contributed by atoms with Gasteiger partial charge in [-0.2, -0.15) is 0 Å². The maximum Gasteiger partial charge on any atom is 0.250 e. The van der Waals surface area contributed by atoms with Crippen LogP contribution in [0.1, 0.15) is 15.9 Å². The number of fused-ring (bicyclic) bond motifs is 3. The number of nitrogens with zero attached hydrogens (tertiary/aromatic N) is 1. The molecule has 111 valence electrons. The Bertz CT molecular complexity index is 1020. The SMILES string of the molecule is NC(=O)c1c[c]cc2c3ccccc3n(Cc3ccccc3)c12. The summed E-state index contributed by atoms with van der Waals surface area (Å²) in [4.78, 5) is 11.9. The Kier molecular flexibility index (Phi) is 3.12. The summed E-state index contributed by atoms with van der Waals surface area (Å²) in [6.07, 6.45) is 0. The molecule has 4 aromatic rings. The van der Waals surface area contributed by atoms with Crippen molar-refractivity contribution in [3.05, 3.63) is 83.9 Å². The highest BCUT2D eigenvalue weighted by Crippen LogP contribution is 2.31. The summed E-state index contributed by atoms with van der Waals surface area (Å²) in [6.45, 7) is 0.690. The van der Waals surface area contributed by atoms with E-state index in [1.54, 1.807) is 6.07 Å². The monoisotopic (exact) mass is 299 g/mol. The minimum atomic E-state index is -0.427. The van der Waals surface area contributed by atoms with Gasteiger partial charge in [-0.1, -0.05) is 48.5 Å². The zero-order chi connectivity index (χ0) is 15.8. The first-order valence-corrected chi connectivity index (χ1v) is 7.50. The van der Waals surface area contributed by atoms with Gasteiger partial charge in [-0.25, -0.2) is 0 Å². The molecule has 0 atom stereocenters. The van der Waals surface area contributed by atoms with Crippen LogP contribution in [0.25, 0.3) is 21.8 Å². The van der Waals surface area contributed by atoms with Crippen LogP contribution < -0.4 is 5.73 Å². The van der Waals surface area contributed by atoms with E-state index in [1.165, 1.54) is 5.56 Å². The second-order valence-corrected chi connectivity index (χ2v) is 5.58. The van der Waals surface area contributed by atoms with Crippen molar-refractivity contribution in [1.82, 2.24) is 4.57 Å². The number of carbonyl (C=O) groups is 1. The second-order valence-electron chi connectivity index (χ2n) is 5.58. The van der Waals surface area contributed by atoms with Crippen LogP contribution in [0.15, 0.2) is 66.7 Å². The molecule has 0 bridgehead atoms. The van der Waals surface area contributed by atoms with Gasteiger partial charge in [0, 0.05) is 22.8 Å². The maximum atomic E-state index is 11.9. The standard InChI is InChI=1S/C20H15N2O/c21-20(23)17-11-6-10-16-15-9-4-5-12-18(15)22(19(16)17)13-14-7-2-1-3-8-14/h1-5,7-12H,13H2,(H2,21,23). The van der Waals surface area contributed by atoms with Crippen molar-refractivity contribution in [2.45, 2.75) is 6.54 Å². The van der Waals surface area contributed by atoms with Gasteiger partial charge in [-0.15, -0.1) is 0 Å². The van der Waals surface area contributed by atoms with Crippen LogP contribution in [-0.2, 0) is 6.54 Å². The molecule has 4 rings (SSSR count). The smallest absolute Gasteiger partial charge is 0.250 e. The Morgan fingerprint density at radius 1 is 0.957 bits per heavy atom. The molecule has 0 spiro atoms. The highest BCUT2D eigenvalue weighted by atomic mass is 16.1. The topological polar surface area (TPSA) is 48.0 Å². The van der Waals surface area contributed by atoms with E-state index in [9.17, 15) is 4.79 Å². The molecule has 0 aliphatic carbocycles. The summed E-state index contributed by atoms with van der Waals surface area (Å²) in [5.41, 5.74) is 9.25. The van der Waals surface area contributed by atoms with E-state index in [0.29, 0.717) is 12.1 Å². The van der Waals surface area contributed by atoms with Crippen LogP contribution in [-0.4, -0.2) is 10.5 Å². The third-order valence-electron chi connectivity index (χ3n) is 4.17. The van der Waals surface area contributed by atoms with Gasteiger partial charge in [0.25, 0.3) is 5.91 Å². The van der Waals surface area contributed by atoms with Gasteiger partial charge >= 0.3 is 0 Å². The first kappa shape index (κ1) is 13.6. The van der Waals surface area contributed by atoms with E-state index in [1.807, 2.05) is 36.4 Å². The van der Waals surface area contributed by atoms with Crippen molar-refractivity contribution in [2.24, 2.45) is 5.73 Å². The number of hydrogen-bond acceptors (Lipinski definition) is 1. The molecule has 0 unspecified atom stereocenters. The van der Waals surface area contributed by atoms with Crippen molar-refractivity contribution in [3.63, 3.8) is 0 Å². The van der Waals surface area contributed by atoms with Gasteiger partial charge in [0.2, 0.25) is 0 Å².